The van der Waals surface area contributed by atoms with Crippen molar-refractivity contribution in [2.45, 2.75) is 25.9 Å². The van der Waals surface area contributed by atoms with E-state index in [9.17, 15) is 0 Å². The lowest BCUT2D eigenvalue weighted by atomic mass is 10.1. The van der Waals surface area contributed by atoms with Crippen molar-refractivity contribution in [3.63, 3.8) is 0 Å². The Morgan fingerprint density at radius 2 is 2.05 bits per heavy atom. The van der Waals surface area contributed by atoms with Crippen molar-refractivity contribution in [1.29, 1.82) is 0 Å². The van der Waals surface area contributed by atoms with Crippen molar-refractivity contribution in [3.05, 3.63) is 29.8 Å². The second-order valence-electron chi connectivity index (χ2n) is 4.26. The molecule has 0 aliphatic carbocycles. The van der Waals surface area contributed by atoms with Gasteiger partial charge < -0.3 is 14.2 Å². The molecular weight excluding hydrogens is 355 g/mol. The molecule has 0 N–H and O–H groups in total. The van der Waals surface area contributed by atoms with Crippen LogP contribution in [0.2, 0.25) is 0 Å². The van der Waals surface area contributed by atoms with Crippen molar-refractivity contribution in [2.24, 2.45) is 0 Å². The van der Waals surface area contributed by atoms with E-state index in [1.165, 1.54) is 6.42 Å². The normalized spacial score (nSPS) is 12.4. The molecule has 0 aliphatic heterocycles. The van der Waals surface area contributed by atoms with E-state index in [-0.39, 0.29) is 6.10 Å². The topological polar surface area (TPSA) is 27.7 Å². The maximum Gasteiger partial charge on any atom is 0.119 e. The molecule has 1 rings (SSSR count). The Kier molecular flexibility index (Phi) is 9.20. The van der Waals surface area contributed by atoms with E-state index >= 15 is 0 Å². The molecule has 1 aromatic carbocycles. The standard InChI is InChI=1S/C15H23IO3/c1-3-4-8-18-9-10-19-15(12-16)13-6-5-7-14(11-13)17-2/h5-7,11,15H,3-4,8-10,12H2,1-2H3. The van der Waals surface area contributed by atoms with Crippen molar-refractivity contribution in [3.8, 4) is 5.75 Å². The van der Waals surface area contributed by atoms with Crippen LogP contribution in [0.15, 0.2) is 24.3 Å². The molecule has 19 heavy (non-hydrogen) atoms. The highest BCUT2D eigenvalue weighted by atomic mass is 127. The zero-order chi connectivity index (χ0) is 13.9. The highest BCUT2D eigenvalue weighted by molar-refractivity contribution is 14.1. The van der Waals surface area contributed by atoms with Gasteiger partial charge in [0.2, 0.25) is 0 Å². The van der Waals surface area contributed by atoms with Gasteiger partial charge in [0.25, 0.3) is 0 Å². The molecule has 0 bridgehead atoms. The van der Waals surface area contributed by atoms with Gasteiger partial charge in [-0.15, -0.1) is 0 Å². The lowest BCUT2D eigenvalue weighted by Crippen LogP contribution is -2.11. The lowest BCUT2D eigenvalue weighted by molar-refractivity contribution is 0.0139. The van der Waals surface area contributed by atoms with E-state index < -0.39 is 0 Å². The van der Waals surface area contributed by atoms with Crippen molar-refractivity contribution in [2.75, 3.05) is 31.4 Å². The fourth-order valence-corrected chi connectivity index (χ4v) is 2.43. The molecule has 1 unspecified atom stereocenters. The summed E-state index contributed by atoms with van der Waals surface area (Å²) in [6, 6.07) is 8.04. The van der Waals surface area contributed by atoms with Gasteiger partial charge >= 0.3 is 0 Å². The minimum atomic E-state index is 0.102. The first kappa shape index (κ1) is 16.7. The first-order valence-corrected chi connectivity index (χ1v) is 8.23. The molecule has 0 amide bonds. The Bertz CT molecular complexity index is 344. The van der Waals surface area contributed by atoms with E-state index in [0.29, 0.717) is 13.2 Å². The van der Waals surface area contributed by atoms with Crippen molar-refractivity contribution in [1.82, 2.24) is 0 Å². The smallest absolute Gasteiger partial charge is 0.119 e. The summed E-state index contributed by atoms with van der Waals surface area (Å²) >= 11 is 2.34. The maximum absolute atomic E-state index is 5.87. The summed E-state index contributed by atoms with van der Waals surface area (Å²) in [6.45, 7) is 4.29. The van der Waals surface area contributed by atoms with Gasteiger partial charge in [-0.25, -0.2) is 0 Å². The number of methoxy groups -OCH3 is 1. The van der Waals surface area contributed by atoms with Gasteiger partial charge in [0.15, 0.2) is 0 Å². The lowest BCUT2D eigenvalue weighted by Gasteiger charge is -2.16. The molecule has 0 aliphatic rings. The molecule has 3 nitrogen and oxygen atoms in total. The summed E-state index contributed by atoms with van der Waals surface area (Å²) in [7, 11) is 1.68. The zero-order valence-corrected chi connectivity index (χ0v) is 13.9. The largest absolute Gasteiger partial charge is 0.497 e. The first-order chi connectivity index (χ1) is 9.31. The summed E-state index contributed by atoms with van der Waals surface area (Å²) in [5.41, 5.74) is 1.15. The van der Waals surface area contributed by atoms with Gasteiger partial charge in [0.1, 0.15) is 5.75 Å². The second-order valence-corrected chi connectivity index (χ2v) is 5.14. The van der Waals surface area contributed by atoms with Gasteiger partial charge in [-0.1, -0.05) is 48.1 Å². The van der Waals surface area contributed by atoms with Crippen molar-refractivity contribution >= 4 is 22.6 Å². The maximum atomic E-state index is 5.87. The molecular formula is C15H23IO3. The van der Waals surface area contributed by atoms with Crippen LogP contribution >= 0.6 is 22.6 Å². The average Bonchev–Trinajstić information content (AvgIpc) is 2.46. The van der Waals surface area contributed by atoms with Crippen LogP contribution in [-0.4, -0.2) is 31.4 Å². The molecule has 0 saturated heterocycles. The first-order valence-electron chi connectivity index (χ1n) is 6.71. The van der Waals surface area contributed by atoms with E-state index in [2.05, 4.69) is 35.6 Å². The Morgan fingerprint density at radius 1 is 1.21 bits per heavy atom. The van der Waals surface area contributed by atoms with Crippen LogP contribution in [0.3, 0.4) is 0 Å². The molecule has 0 radical (unpaired) electrons. The zero-order valence-electron chi connectivity index (χ0n) is 11.7. The highest BCUT2D eigenvalue weighted by Crippen LogP contribution is 2.23. The fourth-order valence-electron chi connectivity index (χ4n) is 1.67. The summed E-state index contributed by atoms with van der Waals surface area (Å²) in [4.78, 5) is 0. The van der Waals surface area contributed by atoms with Crippen LogP contribution in [0, 0.1) is 0 Å². The minimum Gasteiger partial charge on any atom is -0.497 e. The molecule has 0 saturated carbocycles. The predicted molar refractivity (Wildman–Crippen MR) is 86.3 cm³/mol. The number of rotatable bonds is 10. The second kappa shape index (κ2) is 10.5. The SMILES string of the molecule is CCCCOCCOC(CI)c1cccc(OC)c1. The average molecular weight is 378 g/mol. The predicted octanol–water partition coefficient (Wildman–Crippen LogP) is 4.00. The molecule has 0 fully saturated rings. The quantitative estimate of drug-likeness (QED) is 0.350. The van der Waals surface area contributed by atoms with Crippen molar-refractivity contribution < 1.29 is 14.2 Å². The van der Waals surface area contributed by atoms with Crippen LogP contribution in [0.4, 0.5) is 0 Å². The van der Waals surface area contributed by atoms with Gasteiger partial charge in [-0.05, 0) is 24.1 Å². The van der Waals surface area contributed by atoms with Gasteiger partial charge in [-0.3, -0.25) is 0 Å². The molecule has 4 heteroatoms. The Morgan fingerprint density at radius 3 is 2.74 bits per heavy atom. The molecule has 1 atom stereocenters. The Hall–Kier alpha value is -0.330. The van der Waals surface area contributed by atoms with E-state index in [1.807, 2.05) is 18.2 Å². The van der Waals surface area contributed by atoms with E-state index in [4.69, 9.17) is 14.2 Å². The van der Waals surface area contributed by atoms with Gasteiger partial charge in [0, 0.05) is 11.0 Å². The number of ether oxygens (including phenoxy) is 3. The van der Waals surface area contributed by atoms with Crippen LogP contribution in [-0.2, 0) is 9.47 Å². The monoisotopic (exact) mass is 378 g/mol. The van der Waals surface area contributed by atoms with Crippen LogP contribution in [0.5, 0.6) is 5.75 Å². The molecule has 0 aromatic heterocycles. The van der Waals surface area contributed by atoms with Crippen LogP contribution in [0.25, 0.3) is 0 Å². The third kappa shape index (κ3) is 6.58. The number of benzene rings is 1. The Labute approximate surface area is 129 Å². The fraction of sp³-hybridized carbons (Fsp3) is 0.600. The summed E-state index contributed by atoms with van der Waals surface area (Å²) in [5.74, 6) is 0.871. The number of hydrogen-bond acceptors (Lipinski definition) is 3. The Balaban J connectivity index is 2.35. The van der Waals surface area contributed by atoms with Gasteiger partial charge in [0.05, 0.1) is 26.4 Å². The molecule has 0 heterocycles. The molecule has 0 spiro atoms. The summed E-state index contributed by atoms with van der Waals surface area (Å²) in [6.07, 6.45) is 2.39. The van der Waals surface area contributed by atoms with Crippen LogP contribution in [0.1, 0.15) is 31.4 Å². The van der Waals surface area contributed by atoms with Crippen LogP contribution < -0.4 is 4.74 Å². The highest BCUT2D eigenvalue weighted by Gasteiger charge is 2.11. The van der Waals surface area contributed by atoms with E-state index in [1.54, 1.807) is 7.11 Å². The summed E-state index contributed by atoms with van der Waals surface area (Å²) < 4.78 is 17.5. The van der Waals surface area contributed by atoms with E-state index in [0.717, 1.165) is 28.8 Å². The molecule has 1 aromatic rings. The van der Waals surface area contributed by atoms with Gasteiger partial charge in [-0.2, -0.15) is 0 Å². The number of alkyl halides is 1. The molecule has 108 valence electrons. The third-order valence-electron chi connectivity index (χ3n) is 2.79. The number of hydrogen-bond donors (Lipinski definition) is 0. The minimum absolute atomic E-state index is 0.102. The number of halogens is 1. The third-order valence-corrected chi connectivity index (χ3v) is 3.59. The number of unbranched alkanes of at least 4 members (excludes halogenated alkanes) is 1. The summed E-state index contributed by atoms with van der Waals surface area (Å²) in [5, 5.41) is 0.